The van der Waals surface area contributed by atoms with Crippen LogP contribution in [-0.4, -0.2) is 42.5 Å². The Bertz CT molecular complexity index is 830. The predicted octanol–water partition coefficient (Wildman–Crippen LogP) is 1.03. The lowest BCUT2D eigenvalue weighted by atomic mass is 10.4. The van der Waals surface area contributed by atoms with E-state index in [0.29, 0.717) is 6.07 Å². The van der Waals surface area contributed by atoms with Gasteiger partial charge in [-0.3, -0.25) is 0 Å². The average Bonchev–Trinajstić information content (AvgIpc) is 2.35. The van der Waals surface area contributed by atoms with E-state index in [2.05, 4.69) is 0 Å². The summed E-state index contributed by atoms with van der Waals surface area (Å²) in [6.45, 7) is 0. The highest BCUT2D eigenvalue weighted by Crippen LogP contribution is 2.26. The van der Waals surface area contributed by atoms with E-state index in [9.17, 15) is 34.0 Å². The molecule has 6 nitrogen and oxygen atoms in total. The first-order valence-electron chi connectivity index (χ1n) is 5.14. The van der Waals surface area contributed by atoms with Crippen LogP contribution in [0, 0.1) is 0 Å². The molecule has 0 atom stereocenters. The highest BCUT2D eigenvalue weighted by molar-refractivity contribution is 8.14. The maximum absolute atomic E-state index is 12.5. The van der Waals surface area contributed by atoms with Gasteiger partial charge in [-0.15, -0.1) is 0 Å². The van der Waals surface area contributed by atoms with Gasteiger partial charge >= 0.3 is 5.76 Å². The first kappa shape index (κ1) is 18.3. The van der Waals surface area contributed by atoms with Gasteiger partial charge in [-0.05, 0) is 12.1 Å². The van der Waals surface area contributed by atoms with Crippen molar-refractivity contribution in [2.45, 2.75) is 15.5 Å². The van der Waals surface area contributed by atoms with Crippen LogP contribution in [0.5, 0.6) is 0 Å². The van der Waals surface area contributed by atoms with Gasteiger partial charge in [-0.25, -0.2) is 25.3 Å². The monoisotopic (exact) mass is 382 g/mol. The maximum atomic E-state index is 12.5. The average molecular weight is 383 g/mol. The molecule has 120 valence electrons. The van der Waals surface area contributed by atoms with Gasteiger partial charge in [0.2, 0.25) is 18.9 Å². The van der Waals surface area contributed by atoms with Crippen molar-refractivity contribution in [2.24, 2.45) is 0 Å². The highest BCUT2D eigenvalue weighted by Gasteiger charge is 2.33. The lowest BCUT2D eigenvalue weighted by molar-refractivity contribution is 0.234. The number of benzene rings is 1. The summed E-state index contributed by atoms with van der Waals surface area (Å²) in [5.74, 6) is -5.79. The first-order chi connectivity index (χ1) is 9.38. The topological polar surface area (TPSA) is 102 Å². The van der Waals surface area contributed by atoms with Crippen LogP contribution < -0.4 is 0 Å². The number of rotatable bonds is 6. The molecule has 1 aromatic carbocycles. The highest BCUT2D eigenvalue weighted by atomic mass is 35.7. The van der Waals surface area contributed by atoms with Gasteiger partial charge in [0.25, 0.3) is 0 Å². The molecule has 0 N–H and O–H groups in total. The molecule has 12 heteroatoms. The van der Waals surface area contributed by atoms with Gasteiger partial charge in [0.15, 0.2) is 9.84 Å². The fraction of sp³-hybridized carbons (Fsp3) is 0.333. The summed E-state index contributed by atoms with van der Waals surface area (Å²) in [7, 11) is -8.81. The van der Waals surface area contributed by atoms with Crippen LogP contribution in [0.2, 0.25) is 0 Å². The zero-order valence-corrected chi connectivity index (χ0v) is 13.3. The molecule has 0 unspecified atom stereocenters. The lowest BCUT2D eigenvalue weighted by Crippen LogP contribution is -2.19. The minimum absolute atomic E-state index is 0.712. The molecule has 0 heterocycles. The maximum Gasteiger partial charge on any atom is 0.341 e. The molecule has 0 aliphatic heterocycles. The summed E-state index contributed by atoms with van der Waals surface area (Å²) in [5, 5.41) is 0. The zero-order valence-electron chi connectivity index (χ0n) is 10.1. The van der Waals surface area contributed by atoms with Crippen molar-refractivity contribution in [2.75, 3.05) is 11.5 Å². The molecule has 1 rings (SSSR count). The number of halogens is 3. The summed E-state index contributed by atoms with van der Waals surface area (Å²) in [6, 6.07) is 3.73. The van der Waals surface area contributed by atoms with E-state index in [0.717, 1.165) is 18.2 Å². The molecule has 0 saturated carbocycles. The van der Waals surface area contributed by atoms with Gasteiger partial charge in [-0.2, -0.15) is 8.78 Å². The van der Waals surface area contributed by atoms with E-state index in [1.807, 2.05) is 0 Å². The van der Waals surface area contributed by atoms with Crippen molar-refractivity contribution >= 4 is 39.4 Å². The molecular formula is C9H9ClF2O6S3. The Morgan fingerprint density at radius 1 is 0.905 bits per heavy atom. The Kier molecular flexibility index (Phi) is 5.35. The van der Waals surface area contributed by atoms with E-state index >= 15 is 0 Å². The third-order valence-electron chi connectivity index (χ3n) is 2.32. The molecule has 21 heavy (non-hydrogen) atoms. The second-order valence-electron chi connectivity index (χ2n) is 3.81. The fourth-order valence-electron chi connectivity index (χ4n) is 1.36. The Morgan fingerprint density at radius 2 is 1.38 bits per heavy atom. The normalized spacial score (nSPS) is 13.5. The molecule has 0 aliphatic rings. The molecule has 0 aromatic heterocycles. The Labute approximate surface area is 125 Å². The Balaban J connectivity index is 3.39. The standard InChI is InChI=1S/C9H9ClF2O6S3/c10-20(15,16)6-5-19(13,14)7-3-1-2-4-8(7)21(17,18)9(11)12/h1-4,9H,5-6H2. The Hall–Kier alpha value is -0.780. The van der Waals surface area contributed by atoms with Gasteiger partial charge < -0.3 is 0 Å². The van der Waals surface area contributed by atoms with Crippen LogP contribution in [-0.2, 0) is 28.7 Å². The van der Waals surface area contributed by atoms with Crippen molar-refractivity contribution in [1.29, 1.82) is 0 Å². The molecule has 1 aromatic rings. The number of alkyl halides is 2. The quantitative estimate of drug-likeness (QED) is 0.681. The third-order valence-corrected chi connectivity index (χ3v) is 7.07. The van der Waals surface area contributed by atoms with Crippen molar-refractivity contribution in [3.05, 3.63) is 24.3 Å². The Morgan fingerprint density at radius 3 is 1.81 bits per heavy atom. The third kappa shape index (κ3) is 4.59. The summed E-state index contributed by atoms with van der Waals surface area (Å²) in [6.07, 6.45) is 0. The van der Waals surface area contributed by atoms with Gasteiger partial charge in [-0.1, -0.05) is 12.1 Å². The molecule has 0 amide bonds. The van der Waals surface area contributed by atoms with Crippen LogP contribution in [0.1, 0.15) is 0 Å². The summed E-state index contributed by atoms with van der Waals surface area (Å²) >= 11 is 0. The minimum atomic E-state index is -5.14. The minimum Gasteiger partial charge on any atom is -0.224 e. The molecule has 0 aliphatic carbocycles. The van der Waals surface area contributed by atoms with Crippen LogP contribution in [0.15, 0.2) is 34.1 Å². The first-order valence-corrected chi connectivity index (χ1v) is 10.8. The SMILES string of the molecule is O=S(=O)(Cl)CCS(=O)(=O)c1ccccc1S(=O)(=O)C(F)F. The van der Waals surface area contributed by atoms with Crippen LogP contribution in [0.4, 0.5) is 8.78 Å². The van der Waals surface area contributed by atoms with Gasteiger partial charge in [0.1, 0.15) is 0 Å². The summed E-state index contributed by atoms with van der Waals surface area (Å²) in [5.41, 5.74) is 0. The summed E-state index contributed by atoms with van der Waals surface area (Å²) in [4.78, 5) is -1.96. The van der Waals surface area contributed by atoms with E-state index in [1.54, 1.807) is 0 Å². The smallest absolute Gasteiger partial charge is 0.224 e. The number of hydrogen-bond acceptors (Lipinski definition) is 6. The number of hydrogen-bond donors (Lipinski definition) is 0. The van der Waals surface area contributed by atoms with E-state index < -0.39 is 55.8 Å². The van der Waals surface area contributed by atoms with E-state index in [1.165, 1.54) is 0 Å². The molecule has 0 saturated heterocycles. The van der Waals surface area contributed by atoms with Gasteiger partial charge in [0.05, 0.1) is 21.3 Å². The van der Waals surface area contributed by atoms with Crippen molar-refractivity contribution in [3.8, 4) is 0 Å². The molecule has 0 radical (unpaired) electrons. The van der Waals surface area contributed by atoms with Crippen LogP contribution >= 0.6 is 10.7 Å². The second-order valence-corrected chi connectivity index (χ2v) is 10.7. The van der Waals surface area contributed by atoms with Crippen LogP contribution in [0.25, 0.3) is 0 Å². The molecule has 0 spiro atoms. The summed E-state index contributed by atoms with van der Waals surface area (Å²) < 4.78 is 93.4. The molecular weight excluding hydrogens is 374 g/mol. The lowest BCUT2D eigenvalue weighted by Gasteiger charge is -2.10. The van der Waals surface area contributed by atoms with Crippen LogP contribution in [0.3, 0.4) is 0 Å². The predicted molar refractivity (Wildman–Crippen MR) is 71.3 cm³/mol. The molecule has 0 bridgehead atoms. The zero-order chi connectivity index (χ0) is 16.5. The fourth-order valence-corrected chi connectivity index (χ4v) is 6.02. The molecule has 0 fully saturated rings. The van der Waals surface area contributed by atoms with E-state index in [4.69, 9.17) is 10.7 Å². The van der Waals surface area contributed by atoms with E-state index in [-0.39, 0.29) is 0 Å². The van der Waals surface area contributed by atoms with Crippen molar-refractivity contribution in [1.82, 2.24) is 0 Å². The second kappa shape index (κ2) is 6.15. The van der Waals surface area contributed by atoms with Crippen molar-refractivity contribution in [3.63, 3.8) is 0 Å². The van der Waals surface area contributed by atoms with Gasteiger partial charge in [0, 0.05) is 10.7 Å². The number of sulfone groups is 2. The largest absolute Gasteiger partial charge is 0.341 e. The van der Waals surface area contributed by atoms with Crippen molar-refractivity contribution < 1.29 is 34.0 Å².